The summed E-state index contributed by atoms with van der Waals surface area (Å²) in [5, 5.41) is 9.66. The number of nitrogens with zero attached hydrogens (tertiary/aromatic N) is 1. The average molecular weight is 286 g/mol. The molecule has 1 aliphatic rings. The van der Waals surface area contributed by atoms with Gasteiger partial charge < -0.3 is 14.9 Å². The fourth-order valence-electron chi connectivity index (χ4n) is 2.21. The van der Waals surface area contributed by atoms with Gasteiger partial charge in [0.25, 0.3) is 0 Å². The number of hydrogen-bond donors (Lipinski definition) is 2. The second kappa shape index (κ2) is 6.48. The first kappa shape index (κ1) is 13.7. The summed E-state index contributed by atoms with van der Waals surface area (Å²) >= 11 is 11.4. The van der Waals surface area contributed by atoms with Crippen LogP contribution >= 0.6 is 23.8 Å². The Morgan fingerprint density at radius 2 is 1.89 bits per heavy atom. The number of halogens is 1. The van der Waals surface area contributed by atoms with Crippen molar-refractivity contribution in [1.82, 2.24) is 4.90 Å². The van der Waals surface area contributed by atoms with Gasteiger partial charge in [-0.05, 0) is 12.1 Å². The van der Waals surface area contributed by atoms with Crippen molar-refractivity contribution in [3.05, 3.63) is 34.9 Å². The molecule has 0 atom stereocenters. The Balaban J connectivity index is 1.93. The summed E-state index contributed by atoms with van der Waals surface area (Å²) in [6, 6.07) is 7.68. The van der Waals surface area contributed by atoms with Gasteiger partial charge in [-0.2, -0.15) is 0 Å². The van der Waals surface area contributed by atoms with Gasteiger partial charge in [-0.3, -0.25) is 0 Å². The molecule has 18 heavy (non-hydrogen) atoms. The van der Waals surface area contributed by atoms with Crippen LogP contribution in [0.2, 0.25) is 5.02 Å². The van der Waals surface area contributed by atoms with Gasteiger partial charge in [0.2, 0.25) is 0 Å². The van der Waals surface area contributed by atoms with E-state index in [2.05, 4.69) is 4.90 Å². The summed E-state index contributed by atoms with van der Waals surface area (Å²) in [6.07, 6.45) is 0. The number of rotatable bonds is 3. The number of quaternary nitrogens is 1. The fraction of sp³-hybridized carbons (Fsp3) is 0.462. The molecule has 1 aromatic carbocycles. The van der Waals surface area contributed by atoms with Crippen LogP contribution in [0.4, 0.5) is 0 Å². The molecule has 1 saturated heterocycles. The van der Waals surface area contributed by atoms with E-state index in [1.54, 1.807) is 0 Å². The third kappa shape index (κ3) is 3.42. The minimum Gasteiger partial charge on any atom is -0.391 e. The van der Waals surface area contributed by atoms with Gasteiger partial charge in [0.15, 0.2) is 0 Å². The Labute approximate surface area is 118 Å². The molecular weight excluding hydrogens is 268 g/mol. The van der Waals surface area contributed by atoms with Crippen molar-refractivity contribution in [2.45, 2.75) is 0 Å². The van der Waals surface area contributed by atoms with E-state index < -0.39 is 0 Å². The summed E-state index contributed by atoms with van der Waals surface area (Å²) in [4.78, 5) is 4.58. The zero-order valence-corrected chi connectivity index (χ0v) is 11.8. The van der Waals surface area contributed by atoms with E-state index in [9.17, 15) is 0 Å². The third-order valence-electron chi connectivity index (χ3n) is 3.31. The number of aliphatic hydroxyl groups is 1. The molecule has 1 aromatic rings. The van der Waals surface area contributed by atoms with Crippen molar-refractivity contribution >= 4 is 28.8 Å². The molecule has 0 saturated carbocycles. The predicted molar refractivity (Wildman–Crippen MR) is 77.4 cm³/mol. The van der Waals surface area contributed by atoms with Crippen molar-refractivity contribution in [3.8, 4) is 0 Å². The van der Waals surface area contributed by atoms with Gasteiger partial charge in [0.1, 0.15) is 11.5 Å². The van der Waals surface area contributed by atoms with Gasteiger partial charge >= 0.3 is 0 Å². The zero-order chi connectivity index (χ0) is 13.0. The molecular formula is C13H18ClN2OS+. The first-order valence-corrected chi connectivity index (χ1v) is 6.98. The molecule has 0 unspecified atom stereocenters. The lowest BCUT2D eigenvalue weighted by atomic mass is 10.2. The first-order valence-electron chi connectivity index (χ1n) is 6.20. The summed E-state index contributed by atoms with van der Waals surface area (Å²) in [7, 11) is 0. The van der Waals surface area contributed by atoms with E-state index in [0.717, 1.165) is 48.3 Å². The molecule has 2 N–H and O–H groups in total. The first-order chi connectivity index (χ1) is 8.70. The van der Waals surface area contributed by atoms with E-state index in [0.29, 0.717) is 0 Å². The number of hydrogen-bond acceptors (Lipinski definition) is 2. The van der Waals surface area contributed by atoms with Gasteiger partial charge in [-0.1, -0.05) is 36.0 Å². The highest BCUT2D eigenvalue weighted by molar-refractivity contribution is 7.80. The van der Waals surface area contributed by atoms with Gasteiger partial charge in [0.05, 0.1) is 32.8 Å². The standard InChI is InChI=1S/C13H17ClN2OS/c14-12-3-1-11(2-4-12)13(18)16-7-5-15(6-8-16)9-10-17/h1-4,17H,5-10H2/p+1. The van der Waals surface area contributed by atoms with Crippen LogP contribution in [0.15, 0.2) is 24.3 Å². The minimum absolute atomic E-state index is 0.261. The third-order valence-corrected chi connectivity index (χ3v) is 4.06. The largest absolute Gasteiger partial charge is 0.391 e. The summed E-state index contributed by atoms with van der Waals surface area (Å²) in [5.41, 5.74) is 1.06. The fourth-order valence-corrected chi connectivity index (χ4v) is 2.65. The Kier molecular flexibility index (Phi) is 4.95. The average Bonchev–Trinajstić information content (AvgIpc) is 2.40. The van der Waals surface area contributed by atoms with Crippen LogP contribution in [0, 0.1) is 0 Å². The maximum absolute atomic E-state index is 8.92. The van der Waals surface area contributed by atoms with Crippen LogP contribution in [0.3, 0.4) is 0 Å². The van der Waals surface area contributed by atoms with E-state index in [1.165, 1.54) is 4.90 Å². The van der Waals surface area contributed by atoms with Gasteiger partial charge in [-0.25, -0.2) is 0 Å². The molecule has 0 bridgehead atoms. The molecule has 1 heterocycles. The lowest BCUT2D eigenvalue weighted by Gasteiger charge is -2.33. The number of aliphatic hydroxyl groups excluding tert-OH is 1. The maximum Gasteiger partial charge on any atom is 0.109 e. The smallest absolute Gasteiger partial charge is 0.109 e. The number of nitrogens with one attached hydrogen (secondary N) is 1. The molecule has 0 spiro atoms. The predicted octanol–water partition coefficient (Wildman–Crippen LogP) is 0.208. The lowest BCUT2D eigenvalue weighted by Crippen LogP contribution is -3.15. The highest BCUT2D eigenvalue weighted by Crippen LogP contribution is 2.12. The number of thiocarbonyl (C=S) groups is 1. The van der Waals surface area contributed by atoms with Gasteiger partial charge in [0, 0.05) is 10.6 Å². The van der Waals surface area contributed by atoms with Crippen molar-refractivity contribution in [2.24, 2.45) is 0 Å². The van der Waals surface area contributed by atoms with Crippen LogP contribution in [-0.4, -0.2) is 54.3 Å². The molecule has 0 amide bonds. The van der Waals surface area contributed by atoms with Crippen molar-refractivity contribution in [3.63, 3.8) is 0 Å². The Bertz CT molecular complexity index is 402. The van der Waals surface area contributed by atoms with Crippen LogP contribution in [0.25, 0.3) is 0 Å². The maximum atomic E-state index is 8.92. The lowest BCUT2D eigenvalue weighted by molar-refractivity contribution is -0.904. The zero-order valence-electron chi connectivity index (χ0n) is 10.2. The SMILES string of the molecule is OCC[NH+]1CCN(C(=S)c2ccc(Cl)cc2)CC1. The summed E-state index contributed by atoms with van der Waals surface area (Å²) in [6.45, 7) is 5.08. The van der Waals surface area contributed by atoms with E-state index in [1.807, 2.05) is 24.3 Å². The van der Waals surface area contributed by atoms with E-state index in [4.69, 9.17) is 28.9 Å². The molecule has 1 fully saturated rings. The monoisotopic (exact) mass is 285 g/mol. The highest BCUT2D eigenvalue weighted by atomic mass is 35.5. The van der Waals surface area contributed by atoms with E-state index >= 15 is 0 Å². The van der Waals surface area contributed by atoms with Crippen LogP contribution in [0.1, 0.15) is 5.56 Å². The molecule has 2 rings (SSSR count). The Morgan fingerprint density at radius 1 is 1.28 bits per heavy atom. The van der Waals surface area contributed by atoms with Crippen LogP contribution in [0.5, 0.6) is 0 Å². The minimum atomic E-state index is 0.261. The Morgan fingerprint density at radius 3 is 2.44 bits per heavy atom. The molecule has 5 heteroatoms. The molecule has 0 radical (unpaired) electrons. The van der Waals surface area contributed by atoms with Crippen LogP contribution in [-0.2, 0) is 0 Å². The highest BCUT2D eigenvalue weighted by Gasteiger charge is 2.21. The molecule has 98 valence electrons. The molecule has 0 aliphatic carbocycles. The topological polar surface area (TPSA) is 27.9 Å². The van der Waals surface area contributed by atoms with Gasteiger partial charge in [-0.15, -0.1) is 0 Å². The Hall–Kier alpha value is -0.680. The summed E-state index contributed by atoms with van der Waals surface area (Å²) in [5.74, 6) is 0. The number of piperazine rings is 1. The molecule has 0 aromatic heterocycles. The van der Waals surface area contributed by atoms with E-state index in [-0.39, 0.29) is 6.61 Å². The van der Waals surface area contributed by atoms with Crippen molar-refractivity contribution in [1.29, 1.82) is 0 Å². The number of benzene rings is 1. The van der Waals surface area contributed by atoms with Crippen molar-refractivity contribution < 1.29 is 10.0 Å². The van der Waals surface area contributed by atoms with Crippen molar-refractivity contribution in [2.75, 3.05) is 39.3 Å². The van der Waals surface area contributed by atoms with Crippen LogP contribution < -0.4 is 4.90 Å². The summed E-state index contributed by atoms with van der Waals surface area (Å²) < 4.78 is 0. The molecule has 1 aliphatic heterocycles. The molecule has 3 nitrogen and oxygen atoms in total. The second-order valence-electron chi connectivity index (χ2n) is 4.52. The second-order valence-corrected chi connectivity index (χ2v) is 5.35. The quantitative estimate of drug-likeness (QED) is 0.778. The normalized spacial score (nSPS) is 16.9.